The van der Waals surface area contributed by atoms with Crippen molar-refractivity contribution in [1.82, 2.24) is 15.0 Å². The molecule has 3 aromatic heterocycles. The summed E-state index contributed by atoms with van der Waals surface area (Å²) in [4.78, 5) is 14.5. The number of aryl methyl sites for hydroxylation is 1. The Morgan fingerprint density at radius 2 is 1.83 bits per heavy atom. The highest BCUT2D eigenvalue weighted by molar-refractivity contribution is 7.21. The van der Waals surface area contributed by atoms with Gasteiger partial charge in [-0.2, -0.15) is 0 Å². The largest absolute Gasteiger partial charge is 0.331 e. The Kier molecular flexibility index (Phi) is 3.48. The smallest absolute Gasteiger partial charge is 0.189 e. The second-order valence-electron chi connectivity index (χ2n) is 5.28. The number of para-hydroxylation sites is 1. The van der Waals surface area contributed by atoms with Crippen molar-refractivity contribution < 1.29 is 0 Å². The van der Waals surface area contributed by atoms with Crippen molar-refractivity contribution in [2.75, 3.05) is 5.32 Å². The van der Waals surface area contributed by atoms with E-state index in [4.69, 9.17) is 4.98 Å². The molecule has 23 heavy (non-hydrogen) atoms. The molecular weight excluding hydrogens is 304 g/mol. The molecule has 0 bridgehead atoms. The monoisotopic (exact) mass is 318 g/mol. The Morgan fingerprint density at radius 3 is 2.65 bits per heavy atom. The molecular formula is C18H14N4S. The molecule has 1 N–H and O–H groups in total. The van der Waals surface area contributed by atoms with E-state index < -0.39 is 0 Å². The summed E-state index contributed by atoms with van der Waals surface area (Å²) in [7, 11) is 0. The van der Waals surface area contributed by atoms with Gasteiger partial charge in [0.25, 0.3) is 0 Å². The van der Waals surface area contributed by atoms with E-state index in [1.165, 1.54) is 0 Å². The van der Waals surface area contributed by atoms with Crippen LogP contribution < -0.4 is 5.32 Å². The zero-order valence-electron chi connectivity index (χ0n) is 12.5. The van der Waals surface area contributed by atoms with Crippen LogP contribution in [0.5, 0.6) is 0 Å². The van der Waals surface area contributed by atoms with Gasteiger partial charge in [0, 0.05) is 23.6 Å². The van der Waals surface area contributed by atoms with Crippen molar-refractivity contribution in [2.45, 2.75) is 6.92 Å². The van der Waals surface area contributed by atoms with E-state index in [-0.39, 0.29) is 0 Å². The predicted molar refractivity (Wildman–Crippen MR) is 95.1 cm³/mol. The van der Waals surface area contributed by atoms with Crippen LogP contribution in [-0.2, 0) is 0 Å². The number of benzene rings is 1. The third-order valence-corrected chi connectivity index (χ3v) is 4.33. The van der Waals surface area contributed by atoms with Gasteiger partial charge in [-0.3, -0.25) is 4.98 Å². The van der Waals surface area contributed by atoms with Crippen LogP contribution in [-0.4, -0.2) is 15.0 Å². The maximum atomic E-state index is 4.72. The first kappa shape index (κ1) is 13.8. The normalized spacial score (nSPS) is 10.8. The van der Waals surface area contributed by atoms with Crippen molar-refractivity contribution in [2.24, 2.45) is 0 Å². The number of fused-ring (bicyclic) bond motifs is 1. The highest BCUT2D eigenvalue weighted by atomic mass is 32.1. The first-order valence-corrected chi connectivity index (χ1v) is 8.11. The highest BCUT2D eigenvalue weighted by Crippen LogP contribution is 2.29. The molecule has 0 unspecified atom stereocenters. The Hall–Kier alpha value is -2.79. The van der Waals surface area contributed by atoms with Gasteiger partial charge >= 0.3 is 0 Å². The Bertz CT molecular complexity index is 963. The lowest BCUT2D eigenvalue weighted by Crippen LogP contribution is -1.87. The predicted octanol–water partition coefficient (Wildman–Crippen LogP) is 4.81. The van der Waals surface area contributed by atoms with Crippen LogP contribution in [0, 0.1) is 6.92 Å². The first-order valence-electron chi connectivity index (χ1n) is 7.30. The fourth-order valence-electron chi connectivity index (χ4n) is 2.37. The number of pyridine rings is 2. The topological polar surface area (TPSA) is 50.7 Å². The molecule has 4 rings (SSSR count). The molecule has 0 aliphatic carbocycles. The van der Waals surface area contributed by atoms with Crippen molar-refractivity contribution in [3.63, 3.8) is 0 Å². The standard InChI is InChI=1S/C18H14N4S/c1-12-9-13(11-19-10-12)15-7-8-16-17(21-15)23-18(22-16)20-14-5-3-2-4-6-14/h2-11H,1H3,(H,20,22). The van der Waals surface area contributed by atoms with Crippen LogP contribution in [0.25, 0.3) is 21.6 Å². The number of hydrogen-bond donors (Lipinski definition) is 1. The number of rotatable bonds is 3. The summed E-state index contributed by atoms with van der Waals surface area (Å²) in [6.07, 6.45) is 3.68. The molecule has 0 saturated heterocycles. The first-order chi connectivity index (χ1) is 11.3. The third-order valence-electron chi connectivity index (χ3n) is 3.45. The lowest BCUT2D eigenvalue weighted by atomic mass is 10.1. The van der Waals surface area contributed by atoms with Gasteiger partial charge in [-0.05, 0) is 42.8 Å². The van der Waals surface area contributed by atoms with E-state index in [9.17, 15) is 0 Å². The second-order valence-corrected chi connectivity index (χ2v) is 6.26. The minimum atomic E-state index is 0.846. The van der Waals surface area contributed by atoms with Gasteiger partial charge in [0.1, 0.15) is 10.3 Å². The Balaban J connectivity index is 1.69. The molecule has 0 aliphatic heterocycles. The second kappa shape index (κ2) is 5.78. The molecule has 0 amide bonds. The molecule has 4 nitrogen and oxygen atoms in total. The average molecular weight is 318 g/mol. The minimum absolute atomic E-state index is 0.846. The van der Waals surface area contributed by atoms with Crippen molar-refractivity contribution in [3.8, 4) is 11.3 Å². The number of thiazole rings is 1. The molecule has 0 fully saturated rings. The van der Waals surface area contributed by atoms with Gasteiger partial charge in [0.2, 0.25) is 0 Å². The Labute approximate surface area is 137 Å². The molecule has 0 radical (unpaired) electrons. The van der Waals surface area contributed by atoms with E-state index in [1.54, 1.807) is 11.3 Å². The van der Waals surface area contributed by atoms with E-state index in [2.05, 4.69) is 21.4 Å². The van der Waals surface area contributed by atoms with E-state index in [0.717, 1.165) is 38.0 Å². The summed E-state index contributed by atoms with van der Waals surface area (Å²) >= 11 is 1.55. The van der Waals surface area contributed by atoms with E-state index in [0.29, 0.717) is 0 Å². The maximum Gasteiger partial charge on any atom is 0.189 e. The molecule has 3 heterocycles. The summed E-state index contributed by atoms with van der Waals surface area (Å²) in [5.41, 5.74) is 4.99. The van der Waals surface area contributed by atoms with Crippen molar-refractivity contribution >= 4 is 32.5 Å². The Morgan fingerprint density at radius 1 is 0.957 bits per heavy atom. The number of aromatic nitrogens is 3. The fraction of sp³-hybridized carbons (Fsp3) is 0.0556. The summed E-state index contributed by atoms with van der Waals surface area (Å²) in [5, 5.41) is 4.16. The molecule has 0 aliphatic rings. The summed E-state index contributed by atoms with van der Waals surface area (Å²) in [5.74, 6) is 0. The molecule has 112 valence electrons. The summed E-state index contributed by atoms with van der Waals surface area (Å²) < 4.78 is 0. The molecule has 0 atom stereocenters. The SMILES string of the molecule is Cc1cncc(-c2ccc3nc(Nc4ccccc4)sc3n2)c1. The number of nitrogens with zero attached hydrogens (tertiary/aromatic N) is 3. The van der Waals surface area contributed by atoms with Crippen LogP contribution in [0.3, 0.4) is 0 Å². The maximum absolute atomic E-state index is 4.72. The molecule has 5 heteroatoms. The average Bonchev–Trinajstić information content (AvgIpc) is 2.97. The fourth-order valence-corrected chi connectivity index (χ4v) is 3.23. The zero-order chi connectivity index (χ0) is 15.6. The van der Waals surface area contributed by atoms with Crippen molar-refractivity contribution in [3.05, 3.63) is 66.5 Å². The molecule has 1 aromatic carbocycles. The quantitative estimate of drug-likeness (QED) is 0.589. The van der Waals surface area contributed by atoms with Crippen LogP contribution >= 0.6 is 11.3 Å². The third kappa shape index (κ3) is 2.91. The van der Waals surface area contributed by atoms with Gasteiger partial charge in [-0.25, -0.2) is 9.97 Å². The van der Waals surface area contributed by atoms with Crippen molar-refractivity contribution in [1.29, 1.82) is 0 Å². The van der Waals surface area contributed by atoms with Gasteiger partial charge in [0.05, 0.1) is 5.69 Å². The number of anilines is 2. The van der Waals surface area contributed by atoms with Gasteiger partial charge in [-0.1, -0.05) is 29.5 Å². The van der Waals surface area contributed by atoms with E-state index >= 15 is 0 Å². The lowest BCUT2D eigenvalue weighted by Gasteiger charge is -2.00. The lowest BCUT2D eigenvalue weighted by molar-refractivity contribution is 1.26. The molecule has 4 aromatic rings. The van der Waals surface area contributed by atoms with Crippen LogP contribution in [0.1, 0.15) is 5.56 Å². The van der Waals surface area contributed by atoms with E-state index in [1.807, 2.05) is 61.8 Å². The zero-order valence-corrected chi connectivity index (χ0v) is 13.3. The molecule has 0 spiro atoms. The minimum Gasteiger partial charge on any atom is -0.331 e. The van der Waals surface area contributed by atoms with Gasteiger partial charge in [0.15, 0.2) is 5.13 Å². The summed E-state index contributed by atoms with van der Waals surface area (Å²) in [6.45, 7) is 2.03. The van der Waals surface area contributed by atoms with Crippen LogP contribution in [0.2, 0.25) is 0 Å². The van der Waals surface area contributed by atoms with Crippen LogP contribution in [0.15, 0.2) is 60.9 Å². The van der Waals surface area contributed by atoms with Gasteiger partial charge < -0.3 is 5.32 Å². The number of hydrogen-bond acceptors (Lipinski definition) is 5. The highest BCUT2D eigenvalue weighted by Gasteiger charge is 2.08. The number of nitrogens with one attached hydrogen (secondary N) is 1. The molecule has 0 saturated carbocycles. The summed E-state index contributed by atoms with van der Waals surface area (Å²) in [6, 6.07) is 16.1. The van der Waals surface area contributed by atoms with Crippen LogP contribution in [0.4, 0.5) is 10.8 Å². The van der Waals surface area contributed by atoms with Gasteiger partial charge in [-0.15, -0.1) is 0 Å².